The molecule has 0 spiro atoms. The van der Waals surface area contributed by atoms with Crippen LogP contribution in [0.4, 0.5) is 0 Å². The van der Waals surface area contributed by atoms with Crippen molar-refractivity contribution in [3.8, 4) is 0 Å². The first-order chi connectivity index (χ1) is 6.74. The van der Waals surface area contributed by atoms with Gasteiger partial charge < -0.3 is 11.1 Å². The first kappa shape index (κ1) is 9.83. The summed E-state index contributed by atoms with van der Waals surface area (Å²) in [4.78, 5) is 5.56. The maximum atomic E-state index is 5.83. The van der Waals surface area contributed by atoms with Crippen molar-refractivity contribution < 1.29 is 0 Å². The van der Waals surface area contributed by atoms with Gasteiger partial charge in [-0.2, -0.15) is 0 Å². The van der Waals surface area contributed by atoms with Gasteiger partial charge in [0, 0.05) is 36.6 Å². The van der Waals surface area contributed by atoms with Crippen LogP contribution in [0.25, 0.3) is 0 Å². The Morgan fingerprint density at radius 1 is 1.71 bits per heavy atom. The summed E-state index contributed by atoms with van der Waals surface area (Å²) in [7, 11) is 0. The minimum Gasteiger partial charge on any atom is -0.323 e. The Bertz CT molecular complexity index is 343. The number of hydrogen-bond acceptors (Lipinski definition) is 4. The number of nitrogens with zero attached hydrogens (tertiary/aromatic N) is 1. The van der Waals surface area contributed by atoms with Gasteiger partial charge in [0.05, 0.1) is 5.01 Å². The van der Waals surface area contributed by atoms with Crippen molar-refractivity contribution in [1.82, 2.24) is 10.3 Å². The van der Waals surface area contributed by atoms with Crippen LogP contribution in [0.3, 0.4) is 0 Å². The summed E-state index contributed by atoms with van der Waals surface area (Å²) in [6.45, 7) is 3.89. The zero-order valence-electron chi connectivity index (χ0n) is 8.29. The number of aryl methyl sites for hydroxylation is 1. The second-order valence-electron chi connectivity index (χ2n) is 3.64. The van der Waals surface area contributed by atoms with Crippen LogP contribution >= 0.6 is 11.3 Å². The average molecular weight is 209 g/mol. The average Bonchev–Trinajstić information content (AvgIpc) is 2.51. The van der Waals surface area contributed by atoms with Crippen LogP contribution in [0, 0.1) is 6.92 Å². The summed E-state index contributed by atoms with van der Waals surface area (Å²) < 4.78 is 0. The molecule has 1 aliphatic heterocycles. The molecule has 0 bridgehead atoms. The van der Waals surface area contributed by atoms with E-state index in [0.717, 1.165) is 24.5 Å². The topological polar surface area (TPSA) is 50.9 Å². The Kier molecular flexibility index (Phi) is 2.96. The summed E-state index contributed by atoms with van der Waals surface area (Å²) in [6.07, 6.45) is 5.12. The first-order valence-corrected chi connectivity index (χ1v) is 5.63. The van der Waals surface area contributed by atoms with E-state index in [1.165, 1.54) is 10.5 Å². The molecule has 0 radical (unpaired) electrons. The van der Waals surface area contributed by atoms with Gasteiger partial charge in [-0.25, -0.2) is 4.98 Å². The summed E-state index contributed by atoms with van der Waals surface area (Å²) in [5, 5.41) is 4.44. The van der Waals surface area contributed by atoms with Crippen LogP contribution in [0.15, 0.2) is 17.8 Å². The van der Waals surface area contributed by atoms with Crippen molar-refractivity contribution >= 4 is 11.3 Å². The van der Waals surface area contributed by atoms with Gasteiger partial charge in [-0.1, -0.05) is 11.6 Å². The lowest BCUT2D eigenvalue weighted by molar-refractivity contribution is 0.627. The van der Waals surface area contributed by atoms with E-state index >= 15 is 0 Å². The van der Waals surface area contributed by atoms with Gasteiger partial charge in [0.15, 0.2) is 0 Å². The molecule has 3 N–H and O–H groups in total. The third kappa shape index (κ3) is 2.41. The highest BCUT2D eigenvalue weighted by molar-refractivity contribution is 7.11. The van der Waals surface area contributed by atoms with Gasteiger partial charge in [0.25, 0.3) is 0 Å². The predicted octanol–water partition coefficient (Wildman–Crippen LogP) is 0.851. The van der Waals surface area contributed by atoms with E-state index in [2.05, 4.69) is 16.4 Å². The number of aromatic nitrogens is 1. The molecule has 0 amide bonds. The molecule has 2 heterocycles. The van der Waals surface area contributed by atoms with Crippen LogP contribution in [-0.2, 0) is 6.42 Å². The Morgan fingerprint density at radius 2 is 2.57 bits per heavy atom. The number of nitrogens with two attached hydrogens (primary N) is 1. The maximum absolute atomic E-state index is 5.83. The molecule has 3 nitrogen and oxygen atoms in total. The SMILES string of the molecule is Cc1ncc(CC2=CC(N)CNC2)s1. The standard InChI is InChI=1S/C10H15N3S/c1-7-13-6-10(14-7)3-8-2-9(11)5-12-4-8/h2,6,9,12H,3-5,11H2,1H3. The van der Waals surface area contributed by atoms with Crippen molar-refractivity contribution in [3.63, 3.8) is 0 Å². The third-order valence-electron chi connectivity index (χ3n) is 2.25. The van der Waals surface area contributed by atoms with E-state index in [-0.39, 0.29) is 6.04 Å². The Balaban J connectivity index is 2.03. The Hall–Kier alpha value is -0.710. The molecule has 0 aliphatic carbocycles. The van der Waals surface area contributed by atoms with Gasteiger partial charge in [-0.05, 0) is 6.92 Å². The van der Waals surface area contributed by atoms with Crippen LogP contribution < -0.4 is 11.1 Å². The molecule has 1 aromatic heterocycles. The van der Waals surface area contributed by atoms with Crippen LogP contribution in [0.2, 0.25) is 0 Å². The second-order valence-corrected chi connectivity index (χ2v) is 4.96. The molecule has 0 saturated heterocycles. The second kappa shape index (κ2) is 4.21. The Morgan fingerprint density at radius 3 is 3.21 bits per heavy atom. The van der Waals surface area contributed by atoms with Crippen molar-refractivity contribution in [2.45, 2.75) is 19.4 Å². The number of thiazole rings is 1. The predicted molar refractivity (Wildman–Crippen MR) is 59.5 cm³/mol. The Labute approximate surface area is 88.0 Å². The van der Waals surface area contributed by atoms with Crippen molar-refractivity contribution in [3.05, 3.63) is 27.7 Å². The number of nitrogens with one attached hydrogen (secondary N) is 1. The molecule has 1 atom stereocenters. The van der Waals surface area contributed by atoms with Gasteiger partial charge in [0.1, 0.15) is 0 Å². The highest BCUT2D eigenvalue weighted by Gasteiger charge is 2.10. The first-order valence-electron chi connectivity index (χ1n) is 4.81. The van der Waals surface area contributed by atoms with Gasteiger partial charge in [0.2, 0.25) is 0 Å². The zero-order valence-corrected chi connectivity index (χ0v) is 9.10. The normalized spacial score (nSPS) is 22.1. The molecule has 1 aliphatic rings. The largest absolute Gasteiger partial charge is 0.323 e. The molecule has 76 valence electrons. The van der Waals surface area contributed by atoms with E-state index in [9.17, 15) is 0 Å². The highest BCUT2D eigenvalue weighted by atomic mass is 32.1. The van der Waals surface area contributed by atoms with Crippen molar-refractivity contribution in [1.29, 1.82) is 0 Å². The fourth-order valence-corrected chi connectivity index (χ4v) is 2.50. The maximum Gasteiger partial charge on any atom is 0.0896 e. The quantitative estimate of drug-likeness (QED) is 0.710. The minimum absolute atomic E-state index is 0.174. The molecule has 0 fully saturated rings. The van der Waals surface area contributed by atoms with E-state index in [1.807, 2.05) is 13.1 Å². The third-order valence-corrected chi connectivity index (χ3v) is 3.17. The smallest absolute Gasteiger partial charge is 0.0896 e. The summed E-state index contributed by atoms with van der Waals surface area (Å²) in [5.41, 5.74) is 7.21. The molecule has 0 aromatic carbocycles. The monoisotopic (exact) mass is 209 g/mol. The summed E-state index contributed by atoms with van der Waals surface area (Å²) in [6, 6.07) is 0.174. The number of rotatable bonds is 2. The molecule has 1 aromatic rings. The van der Waals surface area contributed by atoms with E-state index in [0.29, 0.717) is 0 Å². The molecule has 0 saturated carbocycles. The van der Waals surface area contributed by atoms with Gasteiger partial charge in [-0.15, -0.1) is 11.3 Å². The van der Waals surface area contributed by atoms with E-state index in [1.54, 1.807) is 11.3 Å². The number of hydrogen-bond donors (Lipinski definition) is 2. The summed E-state index contributed by atoms with van der Waals surface area (Å²) in [5.74, 6) is 0. The zero-order chi connectivity index (χ0) is 9.97. The minimum atomic E-state index is 0.174. The molecule has 1 unspecified atom stereocenters. The lowest BCUT2D eigenvalue weighted by atomic mass is 10.1. The molecule has 2 rings (SSSR count). The molecular formula is C10H15N3S. The van der Waals surface area contributed by atoms with E-state index in [4.69, 9.17) is 5.73 Å². The van der Waals surface area contributed by atoms with Gasteiger partial charge >= 0.3 is 0 Å². The lowest BCUT2D eigenvalue weighted by Crippen LogP contribution is -2.38. The summed E-state index contributed by atoms with van der Waals surface area (Å²) >= 11 is 1.76. The molecular weight excluding hydrogens is 194 g/mol. The molecule has 14 heavy (non-hydrogen) atoms. The van der Waals surface area contributed by atoms with Crippen molar-refractivity contribution in [2.24, 2.45) is 5.73 Å². The van der Waals surface area contributed by atoms with E-state index < -0.39 is 0 Å². The fourth-order valence-electron chi connectivity index (χ4n) is 1.65. The van der Waals surface area contributed by atoms with Crippen molar-refractivity contribution in [2.75, 3.05) is 13.1 Å². The van der Waals surface area contributed by atoms with Crippen LogP contribution in [0.5, 0.6) is 0 Å². The fraction of sp³-hybridized carbons (Fsp3) is 0.500. The van der Waals surface area contributed by atoms with Gasteiger partial charge in [-0.3, -0.25) is 0 Å². The highest BCUT2D eigenvalue weighted by Crippen LogP contribution is 2.16. The lowest BCUT2D eigenvalue weighted by Gasteiger charge is -2.18. The van der Waals surface area contributed by atoms with Crippen LogP contribution in [0.1, 0.15) is 9.88 Å². The van der Waals surface area contributed by atoms with Crippen LogP contribution in [-0.4, -0.2) is 24.1 Å². The molecule has 4 heteroatoms.